The second kappa shape index (κ2) is 8.91. The van der Waals surface area contributed by atoms with Gasteiger partial charge >= 0.3 is 5.97 Å². The maximum Gasteiger partial charge on any atom is 0.344 e. The fourth-order valence-electron chi connectivity index (χ4n) is 2.71. The van der Waals surface area contributed by atoms with E-state index >= 15 is 0 Å². The van der Waals surface area contributed by atoms with Gasteiger partial charge in [-0.3, -0.25) is 4.72 Å². The van der Waals surface area contributed by atoms with Gasteiger partial charge in [-0.1, -0.05) is 19.1 Å². The first kappa shape index (κ1) is 23.1. The van der Waals surface area contributed by atoms with Crippen molar-refractivity contribution in [2.45, 2.75) is 18.2 Å². The molecule has 0 unspecified atom stereocenters. The largest absolute Gasteiger partial charge is 0.465 e. The number of methoxy groups -OCH3 is 1. The van der Waals surface area contributed by atoms with E-state index in [1.165, 1.54) is 16.9 Å². The van der Waals surface area contributed by atoms with E-state index in [0.717, 1.165) is 19.2 Å². The summed E-state index contributed by atoms with van der Waals surface area (Å²) in [6, 6.07) is 5.04. The smallest absolute Gasteiger partial charge is 0.344 e. The normalized spacial score (nSPS) is 11.3. The summed E-state index contributed by atoms with van der Waals surface area (Å²) in [4.78, 5) is 19.2. The molecule has 0 aliphatic rings. The Labute approximate surface area is 180 Å². The molecular formula is C20H15F4N3O4S. The van der Waals surface area contributed by atoms with Crippen LogP contribution in [0.25, 0.3) is 11.1 Å². The van der Waals surface area contributed by atoms with Crippen LogP contribution in [0.5, 0.6) is 0 Å². The molecule has 3 rings (SSSR count). The Bertz CT molecular complexity index is 1250. The molecule has 1 heterocycles. The highest BCUT2D eigenvalue weighted by Gasteiger charge is 2.32. The molecule has 0 amide bonds. The maximum absolute atomic E-state index is 14.3. The number of halogens is 4. The highest BCUT2D eigenvalue weighted by Crippen LogP contribution is 2.30. The summed E-state index contributed by atoms with van der Waals surface area (Å²) in [5, 5.41) is 0. The molecule has 1 N–H and O–H groups in total. The molecule has 12 heteroatoms. The average Bonchev–Trinajstić information content (AvgIpc) is 2.80. The third-order valence-electron chi connectivity index (χ3n) is 4.41. The molecule has 0 saturated carbocycles. The summed E-state index contributed by atoms with van der Waals surface area (Å²) in [7, 11) is -3.90. The first-order valence-electron chi connectivity index (χ1n) is 8.99. The molecule has 0 aliphatic carbocycles. The van der Waals surface area contributed by atoms with E-state index < -0.39 is 55.4 Å². The van der Waals surface area contributed by atoms with Crippen LogP contribution in [0.15, 0.2) is 41.6 Å². The first-order valence-corrected chi connectivity index (χ1v) is 10.5. The van der Waals surface area contributed by atoms with Crippen molar-refractivity contribution < 1.29 is 35.5 Å². The van der Waals surface area contributed by atoms with Crippen molar-refractivity contribution in [1.29, 1.82) is 0 Å². The number of benzene rings is 2. The van der Waals surface area contributed by atoms with E-state index in [4.69, 9.17) is 0 Å². The van der Waals surface area contributed by atoms with Gasteiger partial charge in [0.15, 0.2) is 23.3 Å². The second-order valence-corrected chi connectivity index (χ2v) is 8.05. The van der Waals surface area contributed by atoms with E-state index in [0.29, 0.717) is 23.4 Å². The fourth-order valence-corrected chi connectivity index (χ4v) is 3.77. The lowest BCUT2D eigenvalue weighted by atomic mass is 10.1. The SMILES string of the molecule is CCc1ncc(-c2ccc(S(=O)(=O)Nc3c(F)c(F)c(C(=O)OC)c(F)c3F)cc2)cn1. The Balaban J connectivity index is 1.95. The number of rotatable bonds is 6. The molecule has 0 radical (unpaired) electrons. The summed E-state index contributed by atoms with van der Waals surface area (Å²) in [6.07, 6.45) is 3.73. The number of aromatic nitrogens is 2. The van der Waals surface area contributed by atoms with Crippen LogP contribution in [-0.4, -0.2) is 31.5 Å². The Hall–Kier alpha value is -3.54. The molecule has 0 atom stereocenters. The molecule has 0 bridgehead atoms. The molecule has 0 spiro atoms. The van der Waals surface area contributed by atoms with Gasteiger partial charge in [-0.25, -0.2) is 40.7 Å². The Morgan fingerprint density at radius 3 is 1.94 bits per heavy atom. The molecule has 0 aliphatic heterocycles. The fraction of sp³-hybridized carbons (Fsp3) is 0.150. The van der Waals surface area contributed by atoms with E-state index in [2.05, 4.69) is 14.7 Å². The number of nitrogens with one attached hydrogen (secondary N) is 1. The van der Waals surface area contributed by atoms with Gasteiger partial charge in [-0.05, 0) is 17.7 Å². The number of nitrogens with zero attached hydrogens (tertiary/aromatic N) is 2. The van der Waals surface area contributed by atoms with Gasteiger partial charge < -0.3 is 4.74 Å². The van der Waals surface area contributed by atoms with Crippen LogP contribution in [0.1, 0.15) is 23.1 Å². The predicted octanol–water partition coefficient (Wildman–Crippen LogP) is 3.85. The van der Waals surface area contributed by atoms with E-state index in [1.54, 1.807) is 12.4 Å². The lowest BCUT2D eigenvalue weighted by Gasteiger charge is -2.13. The third-order valence-corrected chi connectivity index (χ3v) is 5.77. The number of carbonyl (C=O) groups excluding carboxylic acids is 1. The predicted molar refractivity (Wildman–Crippen MR) is 105 cm³/mol. The summed E-state index contributed by atoms with van der Waals surface area (Å²) in [6.45, 7) is 1.88. The van der Waals surface area contributed by atoms with Gasteiger partial charge in [-0.15, -0.1) is 0 Å². The number of esters is 1. The number of hydrogen-bond acceptors (Lipinski definition) is 6. The summed E-state index contributed by atoms with van der Waals surface area (Å²) < 4.78 is 87.3. The number of aryl methyl sites for hydroxylation is 1. The molecule has 7 nitrogen and oxygen atoms in total. The van der Waals surface area contributed by atoms with Crippen LogP contribution in [-0.2, 0) is 21.2 Å². The molecular weight excluding hydrogens is 454 g/mol. The molecule has 0 saturated heterocycles. The van der Waals surface area contributed by atoms with Gasteiger partial charge in [-0.2, -0.15) is 0 Å². The molecule has 0 fully saturated rings. The molecule has 32 heavy (non-hydrogen) atoms. The molecule has 168 valence electrons. The van der Waals surface area contributed by atoms with Gasteiger partial charge in [0.2, 0.25) is 0 Å². The highest BCUT2D eigenvalue weighted by molar-refractivity contribution is 7.92. The lowest BCUT2D eigenvalue weighted by Crippen LogP contribution is -2.19. The first-order chi connectivity index (χ1) is 15.1. The highest BCUT2D eigenvalue weighted by atomic mass is 32.2. The van der Waals surface area contributed by atoms with Crippen LogP contribution < -0.4 is 4.72 Å². The van der Waals surface area contributed by atoms with Crippen LogP contribution in [0.2, 0.25) is 0 Å². The van der Waals surface area contributed by atoms with E-state index in [-0.39, 0.29) is 0 Å². The van der Waals surface area contributed by atoms with Crippen molar-refractivity contribution >= 4 is 21.7 Å². The monoisotopic (exact) mass is 469 g/mol. The van der Waals surface area contributed by atoms with Gasteiger partial charge in [0.25, 0.3) is 10.0 Å². The van der Waals surface area contributed by atoms with Crippen molar-refractivity contribution in [3.05, 3.63) is 71.3 Å². The zero-order valence-corrected chi connectivity index (χ0v) is 17.4. The summed E-state index contributed by atoms with van der Waals surface area (Å²) in [5.41, 5.74) is -2.08. The topological polar surface area (TPSA) is 98.2 Å². The maximum atomic E-state index is 14.3. The van der Waals surface area contributed by atoms with Gasteiger partial charge in [0, 0.05) is 24.4 Å². The minimum absolute atomic E-state index is 0.441. The van der Waals surface area contributed by atoms with Crippen molar-refractivity contribution in [3.63, 3.8) is 0 Å². The molecule has 2 aromatic carbocycles. The number of anilines is 1. The number of carbonyl (C=O) groups is 1. The standard InChI is InChI=1S/C20H15F4N3O4S/c1-3-13-25-8-11(9-26-13)10-4-6-12(7-5-10)32(29,30)27-19-17(23)15(21)14(20(28)31-2)16(22)18(19)24/h4-9,27H,3H2,1-2H3. The van der Waals surface area contributed by atoms with Crippen LogP contribution in [0.4, 0.5) is 23.2 Å². The minimum Gasteiger partial charge on any atom is -0.465 e. The molecule has 1 aromatic heterocycles. The average molecular weight is 469 g/mol. The number of hydrogen-bond donors (Lipinski definition) is 1. The van der Waals surface area contributed by atoms with Crippen molar-refractivity contribution in [3.8, 4) is 11.1 Å². The van der Waals surface area contributed by atoms with Crippen LogP contribution >= 0.6 is 0 Å². The summed E-state index contributed by atoms with van der Waals surface area (Å²) in [5.74, 6) is -9.44. The summed E-state index contributed by atoms with van der Waals surface area (Å²) >= 11 is 0. The van der Waals surface area contributed by atoms with E-state index in [9.17, 15) is 30.8 Å². The molecule has 3 aromatic rings. The number of sulfonamides is 1. The van der Waals surface area contributed by atoms with Gasteiger partial charge in [0.1, 0.15) is 17.1 Å². The lowest BCUT2D eigenvalue weighted by molar-refractivity contribution is 0.0587. The van der Waals surface area contributed by atoms with E-state index in [1.807, 2.05) is 6.92 Å². The zero-order valence-electron chi connectivity index (χ0n) is 16.6. The zero-order chi connectivity index (χ0) is 23.6. The minimum atomic E-state index is -4.65. The Kier molecular flexibility index (Phi) is 6.44. The van der Waals surface area contributed by atoms with Crippen molar-refractivity contribution in [2.24, 2.45) is 0 Å². The van der Waals surface area contributed by atoms with Crippen molar-refractivity contribution in [2.75, 3.05) is 11.8 Å². The van der Waals surface area contributed by atoms with Crippen LogP contribution in [0, 0.1) is 23.3 Å². The van der Waals surface area contributed by atoms with Crippen LogP contribution in [0.3, 0.4) is 0 Å². The Morgan fingerprint density at radius 2 is 1.47 bits per heavy atom. The number of ether oxygens (including phenoxy) is 1. The third kappa shape index (κ3) is 4.26. The quantitative estimate of drug-likeness (QED) is 0.335. The second-order valence-electron chi connectivity index (χ2n) is 6.37. The Morgan fingerprint density at radius 1 is 0.938 bits per heavy atom. The van der Waals surface area contributed by atoms with Crippen molar-refractivity contribution in [1.82, 2.24) is 9.97 Å². The van der Waals surface area contributed by atoms with Gasteiger partial charge in [0.05, 0.1) is 12.0 Å².